The van der Waals surface area contributed by atoms with E-state index in [9.17, 15) is 19.8 Å². The van der Waals surface area contributed by atoms with Crippen molar-refractivity contribution in [1.29, 1.82) is 0 Å². The Morgan fingerprint density at radius 3 is 2.42 bits per heavy atom. The molecule has 0 spiro atoms. The van der Waals surface area contributed by atoms with Gasteiger partial charge in [-0.05, 0) is 30.2 Å². The molecule has 1 aliphatic heterocycles. The van der Waals surface area contributed by atoms with Gasteiger partial charge in [0, 0.05) is 36.1 Å². The molecule has 5 rings (SSSR count). The van der Waals surface area contributed by atoms with Crippen LogP contribution in [0.3, 0.4) is 0 Å². The van der Waals surface area contributed by atoms with Crippen molar-refractivity contribution in [3.05, 3.63) is 52.6 Å². The first-order chi connectivity index (χ1) is 17.0. The normalized spacial score (nSPS) is 26.2. The van der Waals surface area contributed by atoms with Crippen molar-refractivity contribution in [1.82, 2.24) is 14.5 Å². The number of carbonyl (C=O) groups excluding carboxylic acids is 1. The SMILES string of the molecule is C1CC2CC2C1.CC(C)C(=O)N1CCC(O)(Cn2cnc(-c3ccccc3CO)cc2=O)C(C)(C)C1. The molecule has 0 radical (unpaired) electrons. The minimum Gasteiger partial charge on any atom is -0.392 e. The molecule has 2 heterocycles. The highest BCUT2D eigenvalue weighted by Gasteiger charge is 2.49. The van der Waals surface area contributed by atoms with Gasteiger partial charge in [0.15, 0.2) is 0 Å². The lowest BCUT2D eigenvalue weighted by molar-refractivity contribution is -0.156. The van der Waals surface area contributed by atoms with Crippen molar-refractivity contribution in [3.8, 4) is 11.3 Å². The average molecular weight is 496 g/mol. The lowest BCUT2D eigenvalue weighted by Crippen LogP contribution is -2.61. The number of hydrogen-bond donors (Lipinski definition) is 2. The summed E-state index contributed by atoms with van der Waals surface area (Å²) in [4.78, 5) is 31.4. The first-order valence-corrected chi connectivity index (χ1v) is 13.3. The molecule has 2 aromatic rings. The third-order valence-corrected chi connectivity index (χ3v) is 8.44. The highest BCUT2D eigenvalue weighted by molar-refractivity contribution is 5.78. The number of piperidine rings is 1. The lowest BCUT2D eigenvalue weighted by Gasteiger charge is -2.50. The van der Waals surface area contributed by atoms with Gasteiger partial charge in [-0.2, -0.15) is 0 Å². The highest BCUT2D eigenvalue weighted by Crippen LogP contribution is 2.51. The summed E-state index contributed by atoms with van der Waals surface area (Å²) in [6, 6.07) is 8.70. The van der Waals surface area contributed by atoms with Crippen molar-refractivity contribution in [2.24, 2.45) is 23.2 Å². The predicted molar refractivity (Wildman–Crippen MR) is 140 cm³/mol. The largest absolute Gasteiger partial charge is 0.392 e. The van der Waals surface area contributed by atoms with Crippen LogP contribution in [0.2, 0.25) is 0 Å². The molecule has 0 bridgehead atoms. The molecule has 3 fully saturated rings. The average Bonchev–Trinajstić information content (AvgIpc) is 3.46. The molecule has 196 valence electrons. The lowest BCUT2D eigenvalue weighted by atomic mass is 9.69. The minimum atomic E-state index is -1.14. The van der Waals surface area contributed by atoms with Gasteiger partial charge in [0.25, 0.3) is 5.56 Å². The molecule has 1 aromatic carbocycles. The van der Waals surface area contributed by atoms with E-state index in [0.29, 0.717) is 36.3 Å². The Labute approximate surface area is 214 Å². The fourth-order valence-corrected chi connectivity index (χ4v) is 5.75. The molecule has 7 heteroatoms. The summed E-state index contributed by atoms with van der Waals surface area (Å²) in [6.07, 6.45) is 8.08. The Morgan fingerprint density at radius 2 is 1.89 bits per heavy atom. The van der Waals surface area contributed by atoms with Crippen LogP contribution in [-0.2, 0) is 17.9 Å². The minimum absolute atomic E-state index is 0.0795. The Bertz CT molecular complexity index is 1130. The van der Waals surface area contributed by atoms with Gasteiger partial charge < -0.3 is 15.1 Å². The number of aromatic nitrogens is 2. The summed E-state index contributed by atoms with van der Waals surface area (Å²) in [5, 5.41) is 21.0. The second-order valence-corrected chi connectivity index (χ2v) is 11.8. The van der Waals surface area contributed by atoms with E-state index in [1.165, 1.54) is 35.2 Å². The maximum absolute atomic E-state index is 12.8. The van der Waals surface area contributed by atoms with E-state index in [1.807, 2.05) is 45.9 Å². The molecule has 1 amide bonds. The van der Waals surface area contributed by atoms with Gasteiger partial charge in [-0.15, -0.1) is 0 Å². The number of hydrogen-bond acceptors (Lipinski definition) is 5. The van der Waals surface area contributed by atoms with E-state index in [4.69, 9.17) is 0 Å². The first kappa shape index (κ1) is 26.6. The van der Waals surface area contributed by atoms with Crippen LogP contribution >= 0.6 is 0 Å². The third kappa shape index (κ3) is 5.57. The second kappa shape index (κ2) is 10.5. The number of rotatable bonds is 5. The van der Waals surface area contributed by atoms with Gasteiger partial charge in [-0.3, -0.25) is 14.2 Å². The molecule has 2 saturated carbocycles. The van der Waals surface area contributed by atoms with E-state index >= 15 is 0 Å². The maximum atomic E-state index is 12.8. The number of nitrogens with zero attached hydrogens (tertiary/aromatic N) is 3. The standard InChI is InChI=1S/C23H31N3O4.C6H10/c1-16(2)21(29)25-10-9-23(30,22(3,4)13-25)14-26-15-24-19(11-20(26)28)18-8-6-5-7-17(18)12-27;1-2-5-4-6(5)3-1/h5-8,11,15-16,27,30H,9-10,12-14H2,1-4H3;5-6H,1-4H2. The Hall–Kier alpha value is -2.51. The quantitative estimate of drug-likeness (QED) is 0.657. The molecule has 3 aliphatic rings. The van der Waals surface area contributed by atoms with Crippen molar-refractivity contribution in [2.45, 2.75) is 78.6 Å². The molecule has 7 nitrogen and oxygen atoms in total. The molecule has 1 saturated heterocycles. The van der Waals surface area contributed by atoms with Gasteiger partial charge in [0.2, 0.25) is 5.91 Å². The summed E-state index contributed by atoms with van der Waals surface area (Å²) >= 11 is 0. The van der Waals surface area contributed by atoms with Crippen molar-refractivity contribution < 1.29 is 15.0 Å². The monoisotopic (exact) mass is 495 g/mol. The van der Waals surface area contributed by atoms with Crippen LogP contribution in [-0.4, -0.2) is 49.3 Å². The highest BCUT2D eigenvalue weighted by atomic mass is 16.3. The maximum Gasteiger partial charge on any atom is 0.253 e. The number of fused-ring (bicyclic) bond motifs is 1. The summed E-state index contributed by atoms with van der Waals surface area (Å²) in [7, 11) is 0. The van der Waals surface area contributed by atoms with Crippen molar-refractivity contribution in [3.63, 3.8) is 0 Å². The number of carbonyl (C=O) groups is 1. The topological polar surface area (TPSA) is 95.7 Å². The Kier molecular flexibility index (Phi) is 7.72. The smallest absolute Gasteiger partial charge is 0.253 e. The fourth-order valence-electron chi connectivity index (χ4n) is 5.75. The van der Waals surface area contributed by atoms with Crippen LogP contribution < -0.4 is 5.56 Å². The molecule has 1 aromatic heterocycles. The Balaban J connectivity index is 0.000000434. The zero-order valence-electron chi connectivity index (χ0n) is 22.1. The zero-order valence-corrected chi connectivity index (χ0v) is 22.1. The first-order valence-electron chi connectivity index (χ1n) is 13.3. The molecule has 3 atom stereocenters. The number of benzene rings is 1. The van der Waals surface area contributed by atoms with Gasteiger partial charge in [0.05, 0.1) is 30.8 Å². The van der Waals surface area contributed by atoms with Crippen LogP contribution in [0.15, 0.2) is 41.5 Å². The fraction of sp³-hybridized carbons (Fsp3) is 0.621. The summed E-state index contributed by atoms with van der Waals surface area (Å²) in [5.41, 5.74) is -0.0937. The van der Waals surface area contributed by atoms with Crippen LogP contribution in [0.5, 0.6) is 0 Å². The molecule has 2 aliphatic carbocycles. The van der Waals surface area contributed by atoms with Gasteiger partial charge in [-0.25, -0.2) is 4.98 Å². The van der Waals surface area contributed by atoms with Gasteiger partial charge in [0.1, 0.15) is 0 Å². The van der Waals surface area contributed by atoms with Crippen molar-refractivity contribution >= 4 is 5.91 Å². The predicted octanol–water partition coefficient (Wildman–Crippen LogP) is 3.85. The number of likely N-dealkylation sites (tertiary alicyclic amines) is 1. The van der Waals surface area contributed by atoms with Crippen LogP contribution in [0.4, 0.5) is 0 Å². The van der Waals surface area contributed by atoms with E-state index in [0.717, 1.165) is 0 Å². The van der Waals surface area contributed by atoms with Crippen LogP contribution in [0.25, 0.3) is 11.3 Å². The van der Waals surface area contributed by atoms with Gasteiger partial charge in [-0.1, -0.05) is 71.2 Å². The molecule has 2 N–H and O–H groups in total. The van der Waals surface area contributed by atoms with Crippen molar-refractivity contribution in [2.75, 3.05) is 13.1 Å². The Morgan fingerprint density at radius 1 is 1.19 bits per heavy atom. The number of aliphatic hydroxyl groups is 2. The number of aliphatic hydroxyl groups excluding tert-OH is 1. The second-order valence-electron chi connectivity index (χ2n) is 11.8. The van der Waals surface area contributed by atoms with Crippen LogP contribution in [0, 0.1) is 23.2 Å². The van der Waals surface area contributed by atoms with E-state index in [2.05, 4.69) is 4.98 Å². The van der Waals surface area contributed by atoms with E-state index < -0.39 is 11.0 Å². The number of amides is 1. The van der Waals surface area contributed by atoms with Crippen LogP contribution in [0.1, 0.15) is 65.4 Å². The molecule has 36 heavy (non-hydrogen) atoms. The van der Waals surface area contributed by atoms with E-state index in [1.54, 1.807) is 30.2 Å². The van der Waals surface area contributed by atoms with E-state index in [-0.39, 0.29) is 30.5 Å². The third-order valence-electron chi connectivity index (χ3n) is 8.44. The molecular formula is C29H41N3O4. The zero-order chi connectivity index (χ0) is 26.1. The molecular weight excluding hydrogens is 454 g/mol. The summed E-state index contributed by atoms with van der Waals surface area (Å²) in [5.74, 6) is 2.42. The summed E-state index contributed by atoms with van der Waals surface area (Å²) in [6.45, 7) is 8.47. The van der Waals surface area contributed by atoms with Gasteiger partial charge >= 0.3 is 0 Å². The molecule has 3 unspecified atom stereocenters. The summed E-state index contributed by atoms with van der Waals surface area (Å²) < 4.78 is 1.42.